The number of rotatable bonds is 2. The van der Waals surface area contributed by atoms with E-state index in [4.69, 9.17) is 4.42 Å². The lowest BCUT2D eigenvalue weighted by Gasteiger charge is -2.03. The summed E-state index contributed by atoms with van der Waals surface area (Å²) in [5.41, 5.74) is 0.369. The van der Waals surface area contributed by atoms with Gasteiger partial charge in [0, 0.05) is 21.0 Å². The van der Waals surface area contributed by atoms with E-state index in [0.29, 0.717) is 11.7 Å². The molecule has 0 saturated heterocycles. The minimum absolute atomic E-state index is 0.0816. The fraction of sp³-hybridized carbons (Fsp3) is 0.429. The molecule has 0 saturated carbocycles. The average molecular weight is 154 g/mol. The first-order valence-corrected chi connectivity index (χ1v) is 3.25. The number of carbonyl (C=O) groups excluding carboxylic acids is 1. The molecule has 1 aromatic heterocycles. The Morgan fingerprint density at radius 2 is 2.27 bits per heavy atom. The molecule has 0 aliphatic rings. The van der Waals surface area contributed by atoms with Gasteiger partial charge in [0.2, 0.25) is 0 Å². The van der Waals surface area contributed by atoms with Crippen molar-refractivity contribution in [2.24, 2.45) is 0 Å². The topological polar surface area (TPSA) is 46.3 Å². The second-order valence-corrected chi connectivity index (χ2v) is 2.47. The highest BCUT2D eigenvalue weighted by Gasteiger charge is 2.07. The van der Waals surface area contributed by atoms with Crippen molar-refractivity contribution in [3.05, 3.63) is 12.0 Å². The monoisotopic (exact) mass is 154 g/mol. The SMILES string of the molecule is CC(=O)c1coc(N(C)C)n1. The summed E-state index contributed by atoms with van der Waals surface area (Å²) in [7, 11) is 3.60. The van der Waals surface area contributed by atoms with Gasteiger partial charge in [-0.05, 0) is 0 Å². The van der Waals surface area contributed by atoms with E-state index in [0.717, 1.165) is 0 Å². The van der Waals surface area contributed by atoms with E-state index in [1.54, 1.807) is 19.0 Å². The zero-order valence-electron chi connectivity index (χ0n) is 6.79. The molecule has 4 heteroatoms. The Morgan fingerprint density at radius 1 is 1.64 bits per heavy atom. The van der Waals surface area contributed by atoms with Gasteiger partial charge in [0.05, 0.1) is 0 Å². The maximum atomic E-state index is 10.7. The molecule has 1 rings (SSSR count). The molecule has 0 amide bonds. The van der Waals surface area contributed by atoms with E-state index in [-0.39, 0.29) is 5.78 Å². The van der Waals surface area contributed by atoms with Gasteiger partial charge in [-0.2, -0.15) is 4.98 Å². The van der Waals surface area contributed by atoms with Crippen molar-refractivity contribution in [1.82, 2.24) is 4.98 Å². The molecule has 60 valence electrons. The van der Waals surface area contributed by atoms with Crippen LogP contribution in [0.2, 0.25) is 0 Å². The molecule has 1 aromatic rings. The number of oxazole rings is 1. The molecule has 0 spiro atoms. The van der Waals surface area contributed by atoms with Crippen LogP contribution in [0.4, 0.5) is 6.01 Å². The average Bonchev–Trinajstić information content (AvgIpc) is 2.33. The van der Waals surface area contributed by atoms with Crippen LogP contribution in [0.15, 0.2) is 10.7 Å². The third kappa shape index (κ3) is 1.58. The molecule has 0 aliphatic heterocycles. The largest absolute Gasteiger partial charge is 0.431 e. The van der Waals surface area contributed by atoms with Crippen molar-refractivity contribution in [3.8, 4) is 0 Å². The summed E-state index contributed by atoms with van der Waals surface area (Å²) in [6, 6.07) is 0.454. The summed E-state index contributed by atoms with van der Waals surface area (Å²) in [5, 5.41) is 0. The predicted octanol–water partition coefficient (Wildman–Crippen LogP) is 0.943. The number of hydrogen-bond donors (Lipinski definition) is 0. The van der Waals surface area contributed by atoms with E-state index in [9.17, 15) is 4.79 Å². The molecule has 4 nitrogen and oxygen atoms in total. The van der Waals surface area contributed by atoms with Crippen molar-refractivity contribution < 1.29 is 9.21 Å². The summed E-state index contributed by atoms with van der Waals surface area (Å²) >= 11 is 0. The van der Waals surface area contributed by atoms with E-state index >= 15 is 0 Å². The molecule has 0 aliphatic carbocycles. The van der Waals surface area contributed by atoms with Gasteiger partial charge >= 0.3 is 0 Å². The molecule has 11 heavy (non-hydrogen) atoms. The lowest BCUT2D eigenvalue weighted by Crippen LogP contribution is -2.09. The number of aromatic nitrogens is 1. The van der Waals surface area contributed by atoms with Crippen molar-refractivity contribution in [1.29, 1.82) is 0 Å². The highest BCUT2D eigenvalue weighted by molar-refractivity contribution is 5.92. The van der Waals surface area contributed by atoms with Crippen LogP contribution in [0.25, 0.3) is 0 Å². The smallest absolute Gasteiger partial charge is 0.297 e. The molecule has 0 radical (unpaired) electrons. The number of nitrogens with zero attached hydrogens (tertiary/aromatic N) is 2. The Labute approximate surface area is 64.8 Å². The molecule has 0 atom stereocenters. The first kappa shape index (κ1) is 7.78. The van der Waals surface area contributed by atoms with Crippen molar-refractivity contribution in [2.75, 3.05) is 19.0 Å². The number of anilines is 1. The van der Waals surface area contributed by atoms with Crippen LogP contribution in [0, 0.1) is 0 Å². The number of ketones is 1. The minimum atomic E-state index is -0.0816. The summed E-state index contributed by atoms with van der Waals surface area (Å²) in [4.78, 5) is 16.4. The van der Waals surface area contributed by atoms with Gasteiger partial charge in [-0.3, -0.25) is 4.79 Å². The first-order chi connectivity index (χ1) is 5.11. The number of carbonyl (C=O) groups is 1. The van der Waals surface area contributed by atoms with Crippen LogP contribution in [-0.2, 0) is 0 Å². The fourth-order valence-electron chi connectivity index (χ4n) is 0.631. The second-order valence-electron chi connectivity index (χ2n) is 2.47. The van der Waals surface area contributed by atoms with Crippen LogP contribution in [0.5, 0.6) is 0 Å². The molecule has 0 aromatic carbocycles. The molecule has 1 heterocycles. The van der Waals surface area contributed by atoms with Crippen LogP contribution in [0.1, 0.15) is 17.4 Å². The third-order valence-corrected chi connectivity index (χ3v) is 1.24. The maximum absolute atomic E-state index is 10.7. The van der Waals surface area contributed by atoms with Gasteiger partial charge in [-0.1, -0.05) is 0 Å². The van der Waals surface area contributed by atoms with Gasteiger partial charge in [-0.25, -0.2) is 0 Å². The second kappa shape index (κ2) is 2.74. The zero-order valence-corrected chi connectivity index (χ0v) is 6.79. The first-order valence-electron chi connectivity index (χ1n) is 3.25. The Hall–Kier alpha value is -1.32. The molecule has 0 fully saturated rings. The molecule has 0 unspecified atom stereocenters. The molecular weight excluding hydrogens is 144 g/mol. The summed E-state index contributed by atoms with van der Waals surface area (Å²) in [5.74, 6) is -0.0816. The van der Waals surface area contributed by atoms with Gasteiger partial charge < -0.3 is 9.32 Å². The van der Waals surface area contributed by atoms with Crippen LogP contribution >= 0.6 is 0 Å². The summed E-state index contributed by atoms with van der Waals surface area (Å²) < 4.78 is 4.98. The Balaban J connectivity index is 2.90. The maximum Gasteiger partial charge on any atom is 0.297 e. The predicted molar refractivity (Wildman–Crippen MR) is 40.8 cm³/mol. The minimum Gasteiger partial charge on any atom is -0.431 e. The van der Waals surface area contributed by atoms with Crippen molar-refractivity contribution in [3.63, 3.8) is 0 Å². The highest BCUT2D eigenvalue weighted by Crippen LogP contribution is 2.09. The fourth-order valence-corrected chi connectivity index (χ4v) is 0.631. The van der Waals surface area contributed by atoms with Crippen LogP contribution in [-0.4, -0.2) is 24.9 Å². The quantitative estimate of drug-likeness (QED) is 0.595. The lowest BCUT2D eigenvalue weighted by molar-refractivity contribution is 0.101. The Morgan fingerprint density at radius 3 is 2.55 bits per heavy atom. The molecular formula is C7H10N2O2. The van der Waals surface area contributed by atoms with Crippen molar-refractivity contribution in [2.45, 2.75) is 6.92 Å². The van der Waals surface area contributed by atoms with E-state index < -0.39 is 0 Å². The van der Waals surface area contributed by atoms with Crippen molar-refractivity contribution >= 4 is 11.8 Å². The standard InChI is InChI=1S/C7H10N2O2/c1-5(10)6-4-11-7(8-6)9(2)3/h4H,1-3H3. The van der Waals surface area contributed by atoms with Crippen LogP contribution in [0.3, 0.4) is 0 Å². The van der Waals surface area contributed by atoms with E-state index in [1.807, 2.05) is 0 Å². The van der Waals surface area contributed by atoms with Gasteiger partial charge in [0.1, 0.15) is 12.0 Å². The van der Waals surface area contributed by atoms with E-state index in [2.05, 4.69) is 4.98 Å². The Kier molecular flexibility index (Phi) is 1.94. The van der Waals surface area contributed by atoms with Gasteiger partial charge in [0.25, 0.3) is 6.01 Å². The summed E-state index contributed by atoms with van der Waals surface area (Å²) in [6.07, 6.45) is 1.36. The van der Waals surface area contributed by atoms with Gasteiger partial charge in [-0.15, -0.1) is 0 Å². The molecule has 0 bridgehead atoms. The van der Waals surface area contributed by atoms with E-state index in [1.165, 1.54) is 13.2 Å². The van der Waals surface area contributed by atoms with Gasteiger partial charge in [0.15, 0.2) is 5.78 Å². The highest BCUT2D eigenvalue weighted by atomic mass is 16.4. The number of hydrogen-bond acceptors (Lipinski definition) is 4. The zero-order chi connectivity index (χ0) is 8.43. The normalized spacial score (nSPS) is 9.73. The number of Topliss-reactive ketones (excluding diaryl/α,β-unsaturated/α-hetero) is 1. The summed E-state index contributed by atoms with van der Waals surface area (Å²) in [6.45, 7) is 1.46. The molecule has 0 N–H and O–H groups in total. The lowest BCUT2D eigenvalue weighted by atomic mass is 10.4. The Bertz CT molecular complexity index is 265. The third-order valence-electron chi connectivity index (χ3n) is 1.24. The van der Waals surface area contributed by atoms with Crippen LogP contribution < -0.4 is 4.90 Å².